The molecule has 21 heavy (non-hydrogen) atoms. The highest BCUT2D eigenvalue weighted by Crippen LogP contribution is 2.11. The second kappa shape index (κ2) is 9.97. The van der Waals surface area contributed by atoms with Crippen LogP contribution in [-0.2, 0) is 13.0 Å². The molecule has 0 saturated carbocycles. The van der Waals surface area contributed by atoms with E-state index in [9.17, 15) is 0 Å². The topological polar surface area (TPSA) is 15.3 Å². The molecule has 1 atom stereocenters. The molecular formula is C19H34N2. The van der Waals surface area contributed by atoms with Crippen LogP contribution in [0.5, 0.6) is 0 Å². The molecule has 0 fully saturated rings. The molecule has 0 aliphatic carbocycles. The Hall–Kier alpha value is -0.860. The summed E-state index contributed by atoms with van der Waals surface area (Å²) >= 11 is 0. The molecule has 0 aliphatic rings. The predicted octanol–water partition coefficient (Wildman–Crippen LogP) is 4.10. The number of nitrogens with zero attached hydrogens (tertiary/aromatic N) is 1. The Morgan fingerprint density at radius 3 is 2.14 bits per heavy atom. The lowest BCUT2D eigenvalue weighted by Gasteiger charge is -2.23. The summed E-state index contributed by atoms with van der Waals surface area (Å²) in [6.07, 6.45) is 2.38. The van der Waals surface area contributed by atoms with Crippen LogP contribution in [0.3, 0.4) is 0 Å². The van der Waals surface area contributed by atoms with Crippen LogP contribution in [0.2, 0.25) is 0 Å². The first-order valence-corrected chi connectivity index (χ1v) is 8.58. The number of nitrogens with one attached hydrogen (secondary N) is 1. The Bertz CT molecular complexity index is 370. The summed E-state index contributed by atoms with van der Waals surface area (Å²) in [4.78, 5) is 2.55. The van der Waals surface area contributed by atoms with Gasteiger partial charge in [-0.25, -0.2) is 0 Å². The molecular weight excluding hydrogens is 256 g/mol. The first kappa shape index (κ1) is 18.2. The molecule has 0 saturated heterocycles. The minimum Gasteiger partial charge on any atom is -0.314 e. The minimum atomic E-state index is 0.572. The third kappa shape index (κ3) is 7.63. The van der Waals surface area contributed by atoms with Gasteiger partial charge in [-0.15, -0.1) is 0 Å². The van der Waals surface area contributed by atoms with Gasteiger partial charge in [0, 0.05) is 19.1 Å². The molecule has 1 rings (SSSR count). The van der Waals surface area contributed by atoms with Gasteiger partial charge in [0.25, 0.3) is 0 Å². The fraction of sp³-hybridized carbons (Fsp3) is 0.684. The molecule has 1 unspecified atom stereocenters. The largest absolute Gasteiger partial charge is 0.314 e. The van der Waals surface area contributed by atoms with Gasteiger partial charge in [-0.2, -0.15) is 0 Å². The first-order valence-electron chi connectivity index (χ1n) is 8.58. The zero-order valence-corrected chi connectivity index (χ0v) is 14.7. The fourth-order valence-corrected chi connectivity index (χ4v) is 2.45. The van der Waals surface area contributed by atoms with Crippen LogP contribution in [-0.4, -0.2) is 30.6 Å². The molecule has 2 heteroatoms. The third-order valence-corrected chi connectivity index (χ3v) is 4.11. The molecule has 0 amide bonds. The molecule has 2 nitrogen and oxygen atoms in total. The lowest BCUT2D eigenvalue weighted by molar-refractivity contribution is 0.238. The molecule has 0 heterocycles. The summed E-state index contributed by atoms with van der Waals surface area (Å²) in [6.45, 7) is 15.7. The lowest BCUT2D eigenvalue weighted by Crippen LogP contribution is -2.27. The lowest BCUT2D eigenvalue weighted by atomic mass is 10.1. The van der Waals surface area contributed by atoms with E-state index in [0.29, 0.717) is 6.04 Å². The van der Waals surface area contributed by atoms with Crippen molar-refractivity contribution in [1.29, 1.82) is 0 Å². The monoisotopic (exact) mass is 290 g/mol. The number of hydrogen-bond donors (Lipinski definition) is 1. The van der Waals surface area contributed by atoms with E-state index in [1.165, 1.54) is 24.1 Å². The zero-order valence-electron chi connectivity index (χ0n) is 14.7. The fourth-order valence-electron chi connectivity index (χ4n) is 2.45. The molecule has 0 aromatic heterocycles. The molecule has 0 aliphatic heterocycles. The summed E-state index contributed by atoms with van der Waals surface area (Å²) in [5, 5.41) is 3.47. The van der Waals surface area contributed by atoms with Crippen LogP contribution in [0.25, 0.3) is 0 Å². The summed E-state index contributed by atoms with van der Waals surface area (Å²) in [6, 6.07) is 9.74. The number of rotatable bonds is 10. The molecule has 1 aromatic rings. The van der Waals surface area contributed by atoms with Gasteiger partial charge < -0.3 is 5.32 Å². The Balaban J connectivity index is 2.45. The smallest absolute Gasteiger partial charge is 0.0233 e. The Labute approximate surface area is 131 Å². The maximum atomic E-state index is 3.47. The summed E-state index contributed by atoms with van der Waals surface area (Å²) in [7, 11) is 0. The van der Waals surface area contributed by atoms with Crippen LogP contribution < -0.4 is 5.32 Å². The number of hydrogen-bond acceptors (Lipinski definition) is 2. The van der Waals surface area contributed by atoms with Crippen molar-refractivity contribution >= 4 is 0 Å². The van der Waals surface area contributed by atoms with E-state index in [1.807, 2.05) is 0 Å². The molecule has 0 bridgehead atoms. The van der Waals surface area contributed by atoms with Gasteiger partial charge in [0.1, 0.15) is 0 Å². The van der Waals surface area contributed by atoms with Crippen LogP contribution >= 0.6 is 0 Å². The summed E-state index contributed by atoms with van der Waals surface area (Å²) in [5.41, 5.74) is 2.86. The molecule has 0 radical (unpaired) electrons. The quantitative estimate of drug-likeness (QED) is 0.698. The van der Waals surface area contributed by atoms with E-state index in [2.05, 4.69) is 69.1 Å². The third-order valence-electron chi connectivity index (χ3n) is 4.11. The molecule has 120 valence electrons. The number of benzene rings is 1. The molecule has 0 spiro atoms. The zero-order chi connectivity index (χ0) is 15.7. The average molecular weight is 290 g/mol. The van der Waals surface area contributed by atoms with Gasteiger partial charge in [0.15, 0.2) is 0 Å². The normalized spacial score (nSPS) is 13.1. The Morgan fingerprint density at radius 1 is 1.00 bits per heavy atom. The van der Waals surface area contributed by atoms with Crippen molar-refractivity contribution in [3.05, 3.63) is 35.4 Å². The predicted molar refractivity (Wildman–Crippen MR) is 93.7 cm³/mol. The van der Waals surface area contributed by atoms with Crippen molar-refractivity contribution in [1.82, 2.24) is 10.2 Å². The Morgan fingerprint density at radius 2 is 1.62 bits per heavy atom. The van der Waals surface area contributed by atoms with Crippen molar-refractivity contribution in [3.63, 3.8) is 0 Å². The van der Waals surface area contributed by atoms with Crippen molar-refractivity contribution in [3.8, 4) is 0 Å². The maximum Gasteiger partial charge on any atom is 0.0233 e. The van der Waals surface area contributed by atoms with E-state index in [-0.39, 0.29) is 0 Å². The van der Waals surface area contributed by atoms with Gasteiger partial charge in [-0.05, 0) is 36.6 Å². The minimum absolute atomic E-state index is 0.572. The molecule has 1 N–H and O–H groups in total. The maximum absolute atomic E-state index is 3.47. The SMILES string of the molecule is CCC(C)CN(CC)Cc1ccc(CCNC(C)C)cc1. The van der Waals surface area contributed by atoms with Crippen molar-refractivity contribution in [2.24, 2.45) is 5.92 Å². The van der Waals surface area contributed by atoms with Crippen molar-refractivity contribution < 1.29 is 0 Å². The van der Waals surface area contributed by atoms with Gasteiger partial charge >= 0.3 is 0 Å². The second-order valence-corrected chi connectivity index (χ2v) is 6.52. The second-order valence-electron chi connectivity index (χ2n) is 6.52. The highest BCUT2D eigenvalue weighted by molar-refractivity contribution is 5.22. The van der Waals surface area contributed by atoms with Crippen molar-refractivity contribution in [2.45, 2.75) is 60.0 Å². The molecule has 1 aromatic carbocycles. The van der Waals surface area contributed by atoms with E-state index >= 15 is 0 Å². The van der Waals surface area contributed by atoms with Crippen molar-refractivity contribution in [2.75, 3.05) is 19.6 Å². The van der Waals surface area contributed by atoms with Gasteiger partial charge in [-0.1, -0.05) is 65.3 Å². The first-order chi connectivity index (χ1) is 10.0. The van der Waals surface area contributed by atoms with Gasteiger partial charge in [-0.3, -0.25) is 4.90 Å². The van der Waals surface area contributed by atoms with Crippen LogP contribution in [0.1, 0.15) is 52.2 Å². The van der Waals surface area contributed by atoms with Crippen LogP contribution in [0.15, 0.2) is 24.3 Å². The van der Waals surface area contributed by atoms with Crippen LogP contribution in [0.4, 0.5) is 0 Å². The van der Waals surface area contributed by atoms with Crippen LogP contribution in [0, 0.1) is 5.92 Å². The van der Waals surface area contributed by atoms with E-state index < -0.39 is 0 Å². The highest BCUT2D eigenvalue weighted by Gasteiger charge is 2.08. The Kier molecular flexibility index (Phi) is 8.63. The van der Waals surface area contributed by atoms with E-state index in [4.69, 9.17) is 0 Å². The van der Waals surface area contributed by atoms with Gasteiger partial charge in [0.05, 0.1) is 0 Å². The van der Waals surface area contributed by atoms with E-state index in [0.717, 1.165) is 32.0 Å². The summed E-state index contributed by atoms with van der Waals surface area (Å²) in [5.74, 6) is 0.784. The standard InChI is InChI=1S/C19H34N2/c1-6-17(5)14-21(7-2)15-19-10-8-18(9-11-19)12-13-20-16(3)4/h8-11,16-17,20H,6-7,12-15H2,1-5H3. The average Bonchev–Trinajstić information content (AvgIpc) is 2.47. The highest BCUT2D eigenvalue weighted by atomic mass is 15.1. The van der Waals surface area contributed by atoms with E-state index in [1.54, 1.807) is 0 Å². The van der Waals surface area contributed by atoms with Gasteiger partial charge in [0.2, 0.25) is 0 Å². The summed E-state index contributed by atoms with van der Waals surface area (Å²) < 4.78 is 0.